The minimum Gasteiger partial charge on any atom is -1.00 e. The first-order chi connectivity index (χ1) is 11.8. The van der Waals surface area contributed by atoms with Gasteiger partial charge in [-0.1, -0.05) is 66.2 Å². The van der Waals surface area contributed by atoms with Crippen molar-refractivity contribution in [3.05, 3.63) is 101 Å². The molecule has 0 spiro atoms. The summed E-state index contributed by atoms with van der Waals surface area (Å²) in [7, 11) is 0. The van der Waals surface area contributed by atoms with Crippen LogP contribution < -0.4 is 17.0 Å². The lowest BCUT2D eigenvalue weighted by Gasteiger charge is -1.99. The molecule has 126 valence electrons. The number of hydrogen-bond acceptors (Lipinski definition) is 0. The Hall–Kier alpha value is -2.29. The van der Waals surface area contributed by atoms with Gasteiger partial charge in [0.15, 0.2) is 11.0 Å². The average molecular weight is 369 g/mol. The number of aromatic nitrogens is 2. The number of benzene rings is 3. The van der Waals surface area contributed by atoms with E-state index in [1.54, 1.807) is 0 Å². The number of imidazole rings is 1. The highest BCUT2D eigenvalue weighted by molar-refractivity contribution is 6.30. The van der Waals surface area contributed by atoms with E-state index < -0.39 is 0 Å². The molecular formula is C21H18Cl2N2. The van der Waals surface area contributed by atoms with Crippen LogP contribution in [0.2, 0.25) is 5.02 Å². The minimum atomic E-state index is 0. The van der Waals surface area contributed by atoms with Crippen LogP contribution in [0.5, 0.6) is 0 Å². The fraction of sp³-hybridized carbons (Fsp3) is 0.0952. The third kappa shape index (κ3) is 3.87. The first kappa shape index (κ1) is 17.5. The molecule has 2 nitrogen and oxygen atoms in total. The van der Waals surface area contributed by atoms with Gasteiger partial charge in [-0.05, 0) is 35.4 Å². The average Bonchev–Trinajstić information content (AvgIpc) is 2.96. The van der Waals surface area contributed by atoms with Gasteiger partial charge >= 0.3 is 0 Å². The molecule has 0 atom stereocenters. The summed E-state index contributed by atoms with van der Waals surface area (Å²) in [5.74, 6) is 0. The maximum atomic E-state index is 5.99. The molecule has 4 heteroatoms. The van der Waals surface area contributed by atoms with Gasteiger partial charge in [-0.15, -0.1) is 0 Å². The highest BCUT2D eigenvalue weighted by atomic mass is 35.5. The summed E-state index contributed by atoms with van der Waals surface area (Å²) in [5.41, 5.74) is 5.03. The van der Waals surface area contributed by atoms with Crippen LogP contribution in [0.3, 0.4) is 0 Å². The van der Waals surface area contributed by atoms with Gasteiger partial charge in [0.25, 0.3) is 0 Å². The van der Waals surface area contributed by atoms with E-state index in [1.165, 1.54) is 22.2 Å². The highest BCUT2D eigenvalue weighted by Gasteiger charge is 2.15. The van der Waals surface area contributed by atoms with Gasteiger partial charge in [0.2, 0.25) is 6.33 Å². The predicted octanol–water partition coefficient (Wildman–Crippen LogP) is 1.68. The summed E-state index contributed by atoms with van der Waals surface area (Å²) >= 11 is 5.99. The number of halogens is 2. The van der Waals surface area contributed by atoms with E-state index in [2.05, 4.69) is 82.2 Å². The van der Waals surface area contributed by atoms with Crippen molar-refractivity contribution in [3.8, 4) is 0 Å². The van der Waals surface area contributed by atoms with Gasteiger partial charge in [0, 0.05) is 5.02 Å². The van der Waals surface area contributed by atoms with Crippen molar-refractivity contribution in [2.75, 3.05) is 0 Å². The summed E-state index contributed by atoms with van der Waals surface area (Å²) in [6, 6.07) is 27.1. The van der Waals surface area contributed by atoms with E-state index in [1.807, 2.05) is 12.1 Å². The van der Waals surface area contributed by atoms with E-state index in [0.29, 0.717) is 0 Å². The van der Waals surface area contributed by atoms with Gasteiger partial charge in [-0.3, -0.25) is 0 Å². The zero-order valence-electron chi connectivity index (χ0n) is 13.6. The molecule has 3 aromatic carbocycles. The normalized spacial score (nSPS) is 10.6. The number of hydrogen-bond donors (Lipinski definition) is 0. The monoisotopic (exact) mass is 368 g/mol. The van der Waals surface area contributed by atoms with Crippen LogP contribution in [0.25, 0.3) is 11.0 Å². The van der Waals surface area contributed by atoms with E-state index in [4.69, 9.17) is 11.6 Å². The second-order valence-corrected chi connectivity index (χ2v) is 6.41. The van der Waals surface area contributed by atoms with Crippen LogP contribution >= 0.6 is 11.6 Å². The molecule has 25 heavy (non-hydrogen) atoms. The number of para-hydroxylation sites is 2. The molecule has 0 aliphatic carbocycles. The Labute approximate surface area is 158 Å². The summed E-state index contributed by atoms with van der Waals surface area (Å²) in [4.78, 5) is 0. The van der Waals surface area contributed by atoms with E-state index in [0.717, 1.165) is 18.1 Å². The van der Waals surface area contributed by atoms with E-state index in [9.17, 15) is 0 Å². The molecule has 0 saturated carbocycles. The molecule has 0 aliphatic heterocycles. The van der Waals surface area contributed by atoms with Crippen molar-refractivity contribution in [1.29, 1.82) is 0 Å². The molecule has 4 rings (SSSR count). The molecule has 0 fully saturated rings. The van der Waals surface area contributed by atoms with Crippen LogP contribution in [0.4, 0.5) is 0 Å². The third-order valence-electron chi connectivity index (χ3n) is 4.24. The molecule has 0 saturated heterocycles. The quantitative estimate of drug-likeness (QED) is 0.484. The SMILES string of the molecule is Clc1ccc(Cn2c[n+](Cc3ccccc3)c3ccccc32)cc1.[Cl-]. The predicted molar refractivity (Wildman–Crippen MR) is 98.2 cm³/mol. The van der Waals surface area contributed by atoms with Gasteiger partial charge in [-0.2, -0.15) is 0 Å². The van der Waals surface area contributed by atoms with Crippen molar-refractivity contribution in [2.24, 2.45) is 0 Å². The van der Waals surface area contributed by atoms with Crippen molar-refractivity contribution < 1.29 is 17.0 Å². The molecule has 0 N–H and O–H groups in total. The van der Waals surface area contributed by atoms with Gasteiger partial charge in [0.1, 0.15) is 13.1 Å². The standard InChI is InChI=1S/C21H18ClN2.ClH/c22-19-12-10-18(11-13-19)15-24-16-23(14-17-6-2-1-3-7-17)20-8-4-5-9-21(20)24;/h1-13,16H,14-15H2;1H/q+1;/p-1. The lowest BCUT2D eigenvalue weighted by Crippen LogP contribution is -3.00. The second-order valence-electron chi connectivity index (χ2n) is 5.97. The Kier molecular flexibility index (Phi) is 5.42. The maximum absolute atomic E-state index is 5.99. The lowest BCUT2D eigenvalue weighted by atomic mass is 10.2. The Morgan fingerprint density at radius 1 is 0.760 bits per heavy atom. The molecule has 0 radical (unpaired) electrons. The molecule has 0 aliphatic rings. The Morgan fingerprint density at radius 3 is 2.20 bits per heavy atom. The van der Waals surface area contributed by atoms with E-state index in [-0.39, 0.29) is 12.4 Å². The largest absolute Gasteiger partial charge is 1.00 e. The van der Waals surface area contributed by atoms with Crippen LogP contribution in [0.15, 0.2) is 85.2 Å². The number of fused-ring (bicyclic) bond motifs is 1. The summed E-state index contributed by atoms with van der Waals surface area (Å²) < 4.78 is 4.60. The van der Waals surface area contributed by atoms with Crippen LogP contribution in [-0.2, 0) is 13.1 Å². The molecule has 0 bridgehead atoms. The first-order valence-corrected chi connectivity index (χ1v) is 8.43. The molecule has 1 heterocycles. The van der Waals surface area contributed by atoms with Gasteiger partial charge in [-0.25, -0.2) is 9.13 Å². The fourth-order valence-corrected chi connectivity index (χ4v) is 3.19. The molecule has 0 unspecified atom stereocenters. The van der Waals surface area contributed by atoms with E-state index >= 15 is 0 Å². The first-order valence-electron chi connectivity index (χ1n) is 8.05. The summed E-state index contributed by atoms with van der Waals surface area (Å²) in [6.07, 6.45) is 2.20. The van der Waals surface area contributed by atoms with Crippen LogP contribution in [0.1, 0.15) is 11.1 Å². The Bertz CT molecular complexity index is 960. The zero-order valence-corrected chi connectivity index (χ0v) is 15.2. The van der Waals surface area contributed by atoms with Gasteiger partial charge < -0.3 is 12.4 Å². The van der Waals surface area contributed by atoms with Crippen molar-refractivity contribution in [1.82, 2.24) is 4.57 Å². The van der Waals surface area contributed by atoms with Crippen molar-refractivity contribution in [3.63, 3.8) is 0 Å². The van der Waals surface area contributed by atoms with Crippen LogP contribution in [-0.4, -0.2) is 4.57 Å². The summed E-state index contributed by atoms with van der Waals surface area (Å²) in [5, 5.41) is 0.773. The minimum absolute atomic E-state index is 0. The van der Waals surface area contributed by atoms with Crippen molar-refractivity contribution >= 4 is 22.6 Å². The second kappa shape index (κ2) is 7.73. The maximum Gasteiger partial charge on any atom is 0.245 e. The molecule has 0 amide bonds. The van der Waals surface area contributed by atoms with Crippen molar-refractivity contribution in [2.45, 2.75) is 13.1 Å². The number of rotatable bonds is 4. The third-order valence-corrected chi connectivity index (χ3v) is 4.49. The van der Waals surface area contributed by atoms with Gasteiger partial charge in [0.05, 0.1) is 0 Å². The highest BCUT2D eigenvalue weighted by Crippen LogP contribution is 2.15. The zero-order chi connectivity index (χ0) is 16.4. The van der Waals surface area contributed by atoms with Crippen LogP contribution in [0, 0.1) is 0 Å². The smallest absolute Gasteiger partial charge is 0.245 e. The fourth-order valence-electron chi connectivity index (χ4n) is 3.06. The number of nitrogens with zero attached hydrogens (tertiary/aromatic N) is 2. The molecule has 4 aromatic rings. The lowest BCUT2D eigenvalue weighted by molar-refractivity contribution is -0.663. The topological polar surface area (TPSA) is 8.81 Å². The summed E-state index contributed by atoms with van der Waals surface area (Å²) in [6.45, 7) is 1.70. The Balaban J connectivity index is 0.00000182. The molecular weight excluding hydrogens is 351 g/mol. The molecule has 1 aromatic heterocycles. The Morgan fingerprint density at radius 2 is 1.44 bits per heavy atom.